The van der Waals surface area contributed by atoms with Crippen LogP contribution in [0.4, 0.5) is 0 Å². The summed E-state index contributed by atoms with van der Waals surface area (Å²) in [7, 11) is 0. The van der Waals surface area contributed by atoms with Crippen molar-refractivity contribution < 1.29 is 34.2 Å². The SMILES string of the molecule is CCCCC/C=C/CCCCCCCCCCCCCC[N+](C(C)C(=O)O)(C(C)C(=O)O)C(C)C(=O)O. The van der Waals surface area contributed by atoms with Crippen LogP contribution in [0.5, 0.6) is 0 Å². The van der Waals surface area contributed by atoms with Crippen molar-refractivity contribution in [2.75, 3.05) is 6.54 Å². The molecule has 0 saturated carbocycles. The number of carboxylic acids is 3. The van der Waals surface area contributed by atoms with E-state index in [2.05, 4.69) is 19.1 Å². The summed E-state index contributed by atoms with van der Waals surface area (Å²) in [5.41, 5.74) is 0. The second-order valence-corrected chi connectivity index (χ2v) is 10.8. The van der Waals surface area contributed by atoms with Gasteiger partial charge in [-0.3, -0.25) is 4.48 Å². The molecule has 0 heterocycles. The van der Waals surface area contributed by atoms with E-state index >= 15 is 0 Å². The number of hydrogen-bond acceptors (Lipinski definition) is 3. The highest BCUT2D eigenvalue weighted by molar-refractivity contribution is 5.77. The van der Waals surface area contributed by atoms with Crippen LogP contribution in [0.25, 0.3) is 0 Å². The van der Waals surface area contributed by atoms with Gasteiger partial charge in [0.05, 0.1) is 6.54 Å². The van der Waals surface area contributed by atoms with E-state index in [0.29, 0.717) is 6.42 Å². The van der Waals surface area contributed by atoms with Crippen molar-refractivity contribution in [2.45, 2.75) is 155 Å². The van der Waals surface area contributed by atoms with E-state index in [9.17, 15) is 29.7 Å². The zero-order valence-electron chi connectivity index (χ0n) is 24.1. The third-order valence-electron chi connectivity index (χ3n) is 8.04. The van der Waals surface area contributed by atoms with Crippen molar-refractivity contribution >= 4 is 17.9 Å². The molecule has 216 valence electrons. The first-order valence-corrected chi connectivity index (χ1v) is 14.8. The summed E-state index contributed by atoms with van der Waals surface area (Å²) >= 11 is 0. The van der Waals surface area contributed by atoms with Crippen LogP contribution < -0.4 is 0 Å². The lowest BCUT2D eigenvalue weighted by Crippen LogP contribution is -2.70. The molecule has 0 aliphatic carbocycles. The van der Waals surface area contributed by atoms with Gasteiger partial charge in [0, 0.05) is 0 Å². The molecule has 7 heteroatoms. The third kappa shape index (κ3) is 14.0. The summed E-state index contributed by atoms with van der Waals surface area (Å²) in [5, 5.41) is 28.9. The molecule has 37 heavy (non-hydrogen) atoms. The van der Waals surface area contributed by atoms with E-state index in [1.165, 1.54) is 104 Å². The van der Waals surface area contributed by atoms with Crippen molar-refractivity contribution in [1.29, 1.82) is 0 Å². The number of rotatable bonds is 25. The molecule has 7 nitrogen and oxygen atoms in total. The van der Waals surface area contributed by atoms with Gasteiger partial charge in [-0.25, -0.2) is 14.4 Å². The molecule has 3 N–H and O–H groups in total. The van der Waals surface area contributed by atoms with Gasteiger partial charge in [0.2, 0.25) is 0 Å². The fraction of sp³-hybridized carbons (Fsp3) is 0.833. The summed E-state index contributed by atoms with van der Waals surface area (Å²) in [6.07, 6.45) is 24.8. The van der Waals surface area contributed by atoms with Gasteiger partial charge in [0.15, 0.2) is 18.1 Å². The quantitative estimate of drug-likeness (QED) is 0.0648. The molecule has 0 aromatic heterocycles. The number of unbranched alkanes of at least 4 members (excludes halogenated alkanes) is 15. The molecule has 0 rings (SSSR count). The number of quaternary nitrogens is 1. The largest absolute Gasteiger partial charge is 0.477 e. The van der Waals surface area contributed by atoms with Gasteiger partial charge in [0.1, 0.15) is 0 Å². The van der Waals surface area contributed by atoms with Crippen molar-refractivity contribution in [3.05, 3.63) is 12.2 Å². The van der Waals surface area contributed by atoms with E-state index in [0.717, 1.165) is 19.3 Å². The van der Waals surface area contributed by atoms with Gasteiger partial charge in [-0.05, 0) is 59.3 Å². The number of carboxylic acid groups (broad SMARTS) is 3. The number of hydrogen-bond donors (Lipinski definition) is 3. The molecule has 3 unspecified atom stereocenters. The summed E-state index contributed by atoms with van der Waals surface area (Å²) in [4.78, 5) is 35.4. The van der Waals surface area contributed by atoms with E-state index in [-0.39, 0.29) is 6.54 Å². The fourth-order valence-electron chi connectivity index (χ4n) is 5.37. The van der Waals surface area contributed by atoms with Gasteiger partial charge in [-0.1, -0.05) is 89.7 Å². The Morgan fingerprint density at radius 2 is 0.838 bits per heavy atom. The Morgan fingerprint density at radius 3 is 1.16 bits per heavy atom. The van der Waals surface area contributed by atoms with Crippen molar-refractivity contribution in [1.82, 2.24) is 0 Å². The average Bonchev–Trinajstić information content (AvgIpc) is 2.86. The molecule has 0 radical (unpaired) electrons. The van der Waals surface area contributed by atoms with Crippen molar-refractivity contribution in [3.8, 4) is 0 Å². The van der Waals surface area contributed by atoms with Crippen LogP contribution in [-0.4, -0.2) is 62.4 Å². The number of aliphatic carboxylic acids is 3. The van der Waals surface area contributed by atoms with Crippen molar-refractivity contribution in [2.24, 2.45) is 0 Å². The first-order chi connectivity index (χ1) is 17.6. The van der Waals surface area contributed by atoms with E-state index in [1.54, 1.807) is 0 Å². The van der Waals surface area contributed by atoms with Gasteiger partial charge in [-0.15, -0.1) is 0 Å². The monoisotopic (exact) mass is 526 g/mol. The first kappa shape index (κ1) is 35.1. The second kappa shape index (κ2) is 21.1. The maximum Gasteiger partial charge on any atom is 0.362 e. The maximum absolute atomic E-state index is 11.8. The molecule has 0 saturated heterocycles. The number of carbonyl (C=O) groups is 3. The summed E-state index contributed by atoms with van der Waals surface area (Å²) in [5.74, 6) is -3.51. The van der Waals surface area contributed by atoms with E-state index in [1.807, 2.05) is 0 Å². The average molecular weight is 527 g/mol. The Kier molecular flexibility index (Phi) is 20.0. The lowest BCUT2D eigenvalue weighted by atomic mass is 10.00. The third-order valence-corrected chi connectivity index (χ3v) is 8.04. The minimum Gasteiger partial charge on any atom is -0.477 e. The van der Waals surface area contributed by atoms with E-state index in [4.69, 9.17) is 0 Å². The molecule has 0 aromatic carbocycles. The minimum absolute atomic E-state index is 0.225. The van der Waals surface area contributed by atoms with Gasteiger partial charge < -0.3 is 15.3 Å². The standard InChI is InChI=1S/C30H55NO6/c1-5-6-7-8-9-10-11-12-13-14-15-16-17-18-19-20-21-22-23-24-31(25(2)28(32)33,26(3)29(34)35)27(4)30(36)37/h9-10,25-27H,5-8,11-24H2,1-4H3,(H2-,32,33,34,35,36,37)/p+1/b10-9+. The molecule has 0 bridgehead atoms. The van der Waals surface area contributed by atoms with Crippen LogP contribution in [0.1, 0.15) is 137 Å². The van der Waals surface area contributed by atoms with Crippen LogP contribution >= 0.6 is 0 Å². The molecular formula is C30H56NO6+. The number of nitrogens with zero attached hydrogens (tertiary/aromatic N) is 1. The van der Waals surface area contributed by atoms with Gasteiger partial charge >= 0.3 is 17.9 Å². The molecule has 3 atom stereocenters. The lowest BCUT2D eigenvalue weighted by molar-refractivity contribution is -0.968. The minimum atomic E-state index is -1.17. The smallest absolute Gasteiger partial charge is 0.362 e. The maximum atomic E-state index is 11.8. The molecule has 0 fully saturated rings. The Hall–Kier alpha value is -1.89. The van der Waals surface area contributed by atoms with Crippen LogP contribution in [0, 0.1) is 0 Å². The normalized spacial score (nSPS) is 15.8. The molecule has 0 aliphatic rings. The Morgan fingerprint density at radius 1 is 0.541 bits per heavy atom. The molecule has 0 aromatic rings. The highest BCUT2D eigenvalue weighted by Crippen LogP contribution is 2.27. The Bertz CT molecular complexity index is 612. The predicted molar refractivity (Wildman–Crippen MR) is 150 cm³/mol. The molecular weight excluding hydrogens is 470 g/mol. The Labute approximate surface area is 225 Å². The zero-order valence-corrected chi connectivity index (χ0v) is 24.1. The van der Waals surface area contributed by atoms with Gasteiger partial charge in [-0.2, -0.15) is 0 Å². The topological polar surface area (TPSA) is 112 Å². The summed E-state index contributed by atoms with van der Waals surface area (Å²) in [6, 6.07) is -3.36. The van der Waals surface area contributed by atoms with E-state index < -0.39 is 40.5 Å². The second-order valence-electron chi connectivity index (χ2n) is 10.8. The van der Waals surface area contributed by atoms with Crippen molar-refractivity contribution in [3.63, 3.8) is 0 Å². The zero-order chi connectivity index (χ0) is 28.1. The molecule has 0 spiro atoms. The highest BCUT2D eigenvalue weighted by atomic mass is 16.4. The highest BCUT2D eigenvalue weighted by Gasteiger charge is 2.52. The first-order valence-electron chi connectivity index (χ1n) is 14.8. The Balaban J connectivity index is 4.13. The summed E-state index contributed by atoms with van der Waals surface area (Å²) in [6.45, 7) is 6.74. The number of allylic oxidation sites excluding steroid dienone is 2. The van der Waals surface area contributed by atoms with Crippen LogP contribution in [0.3, 0.4) is 0 Å². The van der Waals surface area contributed by atoms with Gasteiger partial charge in [0.25, 0.3) is 0 Å². The fourth-order valence-corrected chi connectivity index (χ4v) is 5.37. The molecule has 0 aliphatic heterocycles. The van der Waals surface area contributed by atoms with Crippen LogP contribution in [0.2, 0.25) is 0 Å². The van der Waals surface area contributed by atoms with Crippen LogP contribution in [-0.2, 0) is 14.4 Å². The summed E-state index contributed by atoms with van der Waals surface area (Å²) < 4.78 is -0.477. The van der Waals surface area contributed by atoms with Crippen LogP contribution in [0.15, 0.2) is 12.2 Å². The molecule has 0 amide bonds. The lowest BCUT2D eigenvalue weighted by Gasteiger charge is -2.47. The predicted octanol–water partition coefficient (Wildman–Crippen LogP) is 7.43.